The Bertz CT molecular complexity index is 367. The molecule has 0 atom stereocenters. The Balaban J connectivity index is 0.00000137. The van der Waals surface area contributed by atoms with Crippen LogP contribution >= 0.6 is 0 Å². The molecule has 3 N–H and O–H groups in total. The lowest BCUT2D eigenvalue weighted by Crippen LogP contribution is -2.20. The van der Waals surface area contributed by atoms with Crippen molar-refractivity contribution in [2.45, 2.75) is 20.4 Å². The van der Waals surface area contributed by atoms with Gasteiger partial charge in [-0.2, -0.15) is 0 Å². The molecule has 0 aliphatic rings. The minimum absolute atomic E-state index is 0.151. The molecule has 1 amide bonds. The number of hydrogen-bond acceptors (Lipinski definition) is 4. The van der Waals surface area contributed by atoms with Crippen LogP contribution in [0.1, 0.15) is 19.4 Å². The van der Waals surface area contributed by atoms with Gasteiger partial charge >= 0.3 is 0 Å². The molecule has 1 rings (SSSR count). The monoisotopic (exact) mass is 254 g/mol. The van der Waals surface area contributed by atoms with Crippen LogP contribution < -0.4 is 20.5 Å². The third-order valence-corrected chi connectivity index (χ3v) is 1.98. The lowest BCUT2D eigenvalue weighted by molar-refractivity contribution is -0.119. The molecule has 0 aromatic heterocycles. The number of carbonyl (C=O) groups excluding carboxylic acids is 1. The van der Waals surface area contributed by atoms with Gasteiger partial charge < -0.3 is 20.5 Å². The number of nitrogens with one attached hydrogen (secondary N) is 1. The molecule has 18 heavy (non-hydrogen) atoms. The molecule has 1 aromatic rings. The summed E-state index contributed by atoms with van der Waals surface area (Å²) in [5.41, 5.74) is 6.07. The molecule has 0 aliphatic heterocycles. The Morgan fingerprint density at radius 3 is 2.50 bits per heavy atom. The summed E-state index contributed by atoms with van der Waals surface area (Å²) in [6.07, 6.45) is 0. The van der Waals surface area contributed by atoms with Crippen LogP contribution in [0.25, 0.3) is 0 Å². The summed E-state index contributed by atoms with van der Waals surface area (Å²) in [6.45, 7) is 4.59. The van der Waals surface area contributed by atoms with E-state index in [0.29, 0.717) is 11.5 Å². The Labute approximate surface area is 108 Å². The second-order valence-electron chi connectivity index (χ2n) is 3.27. The predicted molar refractivity (Wildman–Crippen MR) is 71.8 cm³/mol. The molecule has 0 bridgehead atoms. The number of hydrogen-bond donors (Lipinski definition) is 2. The van der Waals surface area contributed by atoms with Gasteiger partial charge in [-0.25, -0.2) is 0 Å². The number of methoxy groups -OCH3 is 1. The normalized spacial score (nSPS) is 9.11. The molecule has 5 heteroatoms. The number of nitrogens with two attached hydrogens (primary N) is 1. The van der Waals surface area contributed by atoms with Gasteiger partial charge in [-0.1, -0.05) is 19.9 Å². The van der Waals surface area contributed by atoms with Crippen molar-refractivity contribution in [3.05, 3.63) is 23.8 Å². The van der Waals surface area contributed by atoms with Crippen LogP contribution in [0.15, 0.2) is 18.2 Å². The van der Waals surface area contributed by atoms with Gasteiger partial charge in [-0.05, 0) is 24.7 Å². The Morgan fingerprint density at radius 2 is 2.00 bits per heavy atom. The molecule has 0 heterocycles. The first-order chi connectivity index (χ1) is 8.67. The van der Waals surface area contributed by atoms with E-state index < -0.39 is 5.91 Å². The molecular weight excluding hydrogens is 232 g/mol. The van der Waals surface area contributed by atoms with Crippen LogP contribution in [-0.4, -0.2) is 26.7 Å². The maximum atomic E-state index is 10.6. The molecule has 102 valence electrons. The van der Waals surface area contributed by atoms with Gasteiger partial charge in [0.25, 0.3) is 5.91 Å². The second-order valence-corrected chi connectivity index (χ2v) is 3.27. The lowest BCUT2D eigenvalue weighted by Gasteiger charge is -2.10. The van der Waals surface area contributed by atoms with E-state index in [0.717, 1.165) is 12.1 Å². The number of rotatable bonds is 6. The van der Waals surface area contributed by atoms with Gasteiger partial charge in [-0.15, -0.1) is 0 Å². The van der Waals surface area contributed by atoms with Gasteiger partial charge in [0.1, 0.15) is 0 Å². The second kappa shape index (κ2) is 9.30. The minimum Gasteiger partial charge on any atom is -0.493 e. The van der Waals surface area contributed by atoms with Crippen LogP contribution in [0, 0.1) is 0 Å². The van der Waals surface area contributed by atoms with Gasteiger partial charge in [0.2, 0.25) is 0 Å². The molecule has 0 saturated carbocycles. The third-order valence-electron chi connectivity index (χ3n) is 1.98. The van der Waals surface area contributed by atoms with Gasteiger partial charge in [0.15, 0.2) is 18.1 Å². The first-order valence-electron chi connectivity index (χ1n) is 5.90. The fraction of sp³-hybridized carbons (Fsp3) is 0.462. The van der Waals surface area contributed by atoms with E-state index in [2.05, 4.69) is 5.32 Å². The average molecular weight is 254 g/mol. The first kappa shape index (κ1) is 16.2. The SMILES string of the molecule is CC.CNCc1ccc(OCC(N)=O)c(OC)c1. The maximum absolute atomic E-state index is 10.6. The van der Waals surface area contributed by atoms with Crippen molar-refractivity contribution < 1.29 is 14.3 Å². The molecule has 0 aliphatic carbocycles. The lowest BCUT2D eigenvalue weighted by atomic mass is 10.2. The maximum Gasteiger partial charge on any atom is 0.255 e. The van der Waals surface area contributed by atoms with E-state index in [1.807, 2.05) is 33.0 Å². The molecule has 0 radical (unpaired) electrons. The zero-order valence-corrected chi connectivity index (χ0v) is 11.4. The summed E-state index contributed by atoms with van der Waals surface area (Å²) < 4.78 is 10.4. The van der Waals surface area contributed by atoms with Crippen LogP contribution in [0.2, 0.25) is 0 Å². The van der Waals surface area contributed by atoms with E-state index in [4.69, 9.17) is 15.2 Å². The zero-order chi connectivity index (χ0) is 14.0. The number of primary amides is 1. The number of benzene rings is 1. The Kier molecular flexibility index (Phi) is 8.39. The summed E-state index contributed by atoms with van der Waals surface area (Å²) in [6, 6.07) is 5.51. The summed E-state index contributed by atoms with van der Waals surface area (Å²) >= 11 is 0. The smallest absolute Gasteiger partial charge is 0.255 e. The highest BCUT2D eigenvalue weighted by atomic mass is 16.5. The topological polar surface area (TPSA) is 73.6 Å². The minimum atomic E-state index is -0.513. The highest BCUT2D eigenvalue weighted by Gasteiger charge is 2.06. The molecule has 0 unspecified atom stereocenters. The van der Waals surface area contributed by atoms with Crippen molar-refractivity contribution in [3.8, 4) is 11.5 Å². The molecule has 0 fully saturated rings. The Morgan fingerprint density at radius 1 is 1.33 bits per heavy atom. The van der Waals surface area contributed by atoms with E-state index in [9.17, 15) is 4.79 Å². The van der Waals surface area contributed by atoms with E-state index in [-0.39, 0.29) is 6.61 Å². The first-order valence-corrected chi connectivity index (χ1v) is 5.90. The van der Waals surface area contributed by atoms with Gasteiger partial charge in [-0.3, -0.25) is 4.79 Å². The van der Waals surface area contributed by atoms with Crippen molar-refractivity contribution in [1.29, 1.82) is 0 Å². The number of ether oxygens (including phenoxy) is 2. The van der Waals surface area contributed by atoms with Gasteiger partial charge in [0.05, 0.1) is 7.11 Å². The van der Waals surface area contributed by atoms with Crippen molar-refractivity contribution >= 4 is 5.91 Å². The highest BCUT2D eigenvalue weighted by Crippen LogP contribution is 2.27. The molecule has 5 nitrogen and oxygen atoms in total. The number of amides is 1. The summed E-state index contributed by atoms with van der Waals surface area (Å²) in [7, 11) is 3.42. The third kappa shape index (κ3) is 5.54. The summed E-state index contributed by atoms with van der Waals surface area (Å²) in [5, 5.41) is 3.03. The van der Waals surface area contributed by atoms with E-state index >= 15 is 0 Å². The Hall–Kier alpha value is -1.75. The van der Waals surface area contributed by atoms with Crippen molar-refractivity contribution in [1.82, 2.24) is 5.32 Å². The quantitative estimate of drug-likeness (QED) is 0.802. The summed E-state index contributed by atoms with van der Waals surface area (Å²) in [4.78, 5) is 10.6. The average Bonchev–Trinajstić information content (AvgIpc) is 2.39. The standard InChI is InChI=1S/C11H16N2O3.C2H6/c1-13-6-8-3-4-9(10(5-8)15-2)16-7-11(12)14;1-2/h3-5,13H,6-7H2,1-2H3,(H2,12,14);1-2H3. The molecule has 0 spiro atoms. The summed E-state index contributed by atoms with van der Waals surface area (Å²) in [5.74, 6) is 0.594. The largest absolute Gasteiger partial charge is 0.493 e. The van der Waals surface area contributed by atoms with E-state index in [1.54, 1.807) is 13.2 Å². The van der Waals surface area contributed by atoms with Crippen molar-refractivity contribution in [2.75, 3.05) is 20.8 Å². The predicted octanol–water partition coefficient (Wildman–Crippen LogP) is 1.30. The van der Waals surface area contributed by atoms with Crippen LogP contribution in [0.5, 0.6) is 11.5 Å². The highest BCUT2D eigenvalue weighted by molar-refractivity contribution is 5.75. The molecule has 0 saturated heterocycles. The molecular formula is C13H22N2O3. The van der Waals surface area contributed by atoms with Crippen LogP contribution in [0.4, 0.5) is 0 Å². The van der Waals surface area contributed by atoms with Crippen LogP contribution in [0.3, 0.4) is 0 Å². The fourth-order valence-corrected chi connectivity index (χ4v) is 1.29. The van der Waals surface area contributed by atoms with Crippen molar-refractivity contribution in [3.63, 3.8) is 0 Å². The zero-order valence-electron chi connectivity index (χ0n) is 11.4. The van der Waals surface area contributed by atoms with Crippen LogP contribution in [-0.2, 0) is 11.3 Å². The number of carbonyl (C=O) groups is 1. The van der Waals surface area contributed by atoms with Gasteiger partial charge in [0, 0.05) is 6.54 Å². The van der Waals surface area contributed by atoms with Crippen molar-refractivity contribution in [2.24, 2.45) is 5.73 Å². The fourth-order valence-electron chi connectivity index (χ4n) is 1.29. The molecule has 1 aromatic carbocycles. The van der Waals surface area contributed by atoms with E-state index in [1.165, 1.54) is 0 Å².